The zero-order valence-corrected chi connectivity index (χ0v) is 13.8. The number of piperidine rings is 1. The molecule has 0 aromatic heterocycles. The number of nitrogens with zero attached hydrogens (tertiary/aromatic N) is 1. The maximum Gasteiger partial charge on any atom is 0.0472 e. The zero-order chi connectivity index (χ0) is 14.4. The van der Waals surface area contributed by atoms with Crippen molar-refractivity contribution in [2.75, 3.05) is 39.4 Å². The molecule has 1 unspecified atom stereocenters. The van der Waals surface area contributed by atoms with E-state index in [1.807, 2.05) is 0 Å². The van der Waals surface area contributed by atoms with Crippen LogP contribution in [0.5, 0.6) is 0 Å². The third kappa shape index (κ3) is 4.71. The molecule has 0 saturated carbocycles. The van der Waals surface area contributed by atoms with Gasteiger partial charge in [-0.05, 0) is 57.0 Å². The summed E-state index contributed by atoms with van der Waals surface area (Å²) in [6.07, 6.45) is 6.63. The molecular formula is C17H34N2O. The largest absolute Gasteiger partial charge is 0.381 e. The minimum absolute atomic E-state index is 0.443. The van der Waals surface area contributed by atoms with E-state index in [-0.39, 0.29) is 0 Å². The Balaban J connectivity index is 1.91. The fourth-order valence-electron chi connectivity index (χ4n) is 3.64. The first-order valence-electron chi connectivity index (χ1n) is 8.64. The van der Waals surface area contributed by atoms with Gasteiger partial charge in [0.1, 0.15) is 0 Å². The second-order valence-electron chi connectivity index (χ2n) is 7.45. The van der Waals surface area contributed by atoms with Crippen molar-refractivity contribution in [3.63, 3.8) is 0 Å². The summed E-state index contributed by atoms with van der Waals surface area (Å²) in [4.78, 5) is 2.74. The van der Waals surface area contributed by atoms with Crippen molar-refractivity contribution in [2.45, 2.75) is 58.9 Å². The van der Waals surface area contributed by atoms with Gasteiger partial charge in [0.15, 0.2) is 0 Å². The average molecular weight is 282 g/mol. The van der Waals surface area contributed by atoms with Crippen LogP contribution in [0.4, 0.5) is 0 Å². The van der Waals surface area contributed by atoms with Crippen LogP contribution in [-0.4, -0.2) is 50.3 Å². The molecule has 2 aliphatic rings. The highest BCUT2D eigenvalue weighted by atomic mass is 16.5. The van der Waals surface area contributed by atoms with Gasteiger partial charge in [-0.25, -0.2) is 0 Å². The second kappa shape index (κ2) is 7.77. The molecule has 0 amide bonds. The average Bonchev–Trinajstić information content (AvgIpc) is 2.42. The third-order valence-corrected chi connectivity index (χ3v) is 5.09. The maximum atomic E-state index is 5.62. The van der Waals surface area contributed by atoms with Crippen molar-refractivity contribution >= 4 is 0 Å². The molecule has 2 heterocycles. The van der Waals surface area contributed by atoms with Crippen LogP contribution in [0, 0.1) is 11.3 Å². The highest BCUT2D eigenvalue weighted by molar-refractivity contribution is 4.89. The Bertz CT molecular complexity index is 274. The Morgan fingerprint density at radius 3 is 2.65 bits per heavy atom. The van der Waals surface area contributed by atoms with Gasteiger partial charge < -0.3 is 15.0 Å². The van der Waals surface area contributed by atoms with E-state index in [4.69, 9.17) is 4.74 Å². The highest BCUT2D eigenvalue weighted by Crippen LogP contribution is 2.33. The molecule has 2 saturated heterocycles. The van der Waals surface area contributed by atoms with E-state index in [2.05, 4.69) is 31.0 Å². The molecule has 3 nitrogen and oxygen atoms in total. The molecule has 1 N–H and O–H groups in total. The van der Waals surface area contributed by atoms with E-state index in [1.165, 1.54) is 45.2 Å². The lowest BCUT2D eigenvalue weighted by Crippen LogP contribution is -2.51. The number of hydrogen-bond donors (Lipinski definition) is 1. The summed E-state index contributed by atoms with van der Waals surface area (Å²) in [6, 6.07) is 0.772. The number of likely N-dealkylation sites (tertiary alicyclic amines) is 1. The predicted molar refractivity (Wildman–Crippen MR) is 85.1 cm³/mol. The lowest BCUT2D eigenvalue weighted by Gasteiger charge is -2.44. The van der Waals surface area contributed by atoms with E-state index >= 15 is 0 Å². The van der Waals surface area contributed by atoms with Crippen LogP contribution in [0.2, 0.25) is 0 Å². The van der Waals surface area contributed by atoms with Crippen molar-refractivity contribution in [2.24, 2.45) is 11.3 Å². The summed E-state index contributed by atoms with van der Waals surface area (Å²) >= 11 is 0. The first-order valence-corrected chi connectivity index (χ1v) is 8.64. The number of rotatable bonds is 6. The standard InChI is InChI=1S/C17H34N2O/c1-15(2)12-18-13-17(7-10-20-11-8-17)14-19-9-5-4-6-16(19)3/h15-16,18H,4-14H2,1-3H3. The first-order chi connectivity index (χ1) is 9.61. The molecular weight excluding hydrogens is 248 g/mol. The van der Waals surface area contributed by atoms with E-state index in [1.54, 1.807) is 0 Å². The molecule has 0 bridgehead atoms. The van der Waals surface area contributed by atoms with E-state index < -0.39 is 0 Å². The van der Waals surface area contributed by atoms with Gasteiger partial charge in [0.25, 0.3) is 0 Å². The number of nitrogens with one attached hydrogen (secondary N) is 1. The quantitative estimate of drug-likeness (QED) is 0.811. The Morgan fingerprint density at radius 2 is 2.00 bits per heavy atom. The van der Waals surface area contributed by atoms with Crippen LogP contribution in [0.25, 0.3) is 0 Å². The van der Waals surface area contributed by atoms with Crippen LogP contribution < -0.4 is 5.32 Å². The van der Waals surface area contributed by atoms with Gasteiger partial charge in [0.2, 0.25) is 0 Å². The van der Waals surface area contributed by atoms with Gasteiger partial charge in [-0.1, -0.05) is 20.3 Å². The smallest absolute Gasteiger partial charge is 0.0472 e. The molecule has 20 heavy (non-hydrogen) atoms. The Morgan fingerprint density at radius 1 is 1.25 bits per heavy atom. The molecule has 2 fully saturated rings. The van der Waals surface area contributed by atoms with Crippen LogP contribution in [0.3, 0.4) is 0 Å². The molecule has 1 atom stereocenters. The van der Waals surface area contributed by atoms with Crippen molar-refractivity contribution in [3.05, 3.63) is 0 Å². The van der Waals surface area contributed by atoms with E-state index in [0.717, 1.165) is 38.3 Å². The second-order valence-corrected chi connectivity index (χ2v) is 7.45. The van der Waals surface area contributed by atoms with Gasteiger partial charge in [-0.3, -0.25) is 0 Å². The molecule has 0 aromatic carbocycles. The molecule has 0 aliphatic carbocycles. The summed E-state index contributed by atoms with van der Waals surface area (Å²) in [5, 5.41) is 3.72. The molecule has 0 aromatic rings. The molecule has 0 spiro atoms. The fourth-order valence-corrected chi connectivity index (χ4v) is 3.64. The monoisotopic (exact) mass is 282 g/mol. The minimum atomic E-state index is 0.443. The third-order valence-electron chi connectivity index (χ3n) is 5.09. The first kappa shape index (κ1) is 16.3. The van der Waals surface area contributed by atoms with Gasteiger partial charge in [0, 0.05) is 32.3 Å². The highest BCUT2D eigenvalue weighted by Gasteiger charge is 2.35. The van der Waals surface area contributed by atoms with Crippen LogP contribution in [0.1, 0.15) is 52.9 Å². The Hall–Kier alpha value is -0.120. The van der Waals surface area contributed by atoms with Crippen molar-refractivity contribution in [3.8, 4) is 0 Å². The maximum absolute atomic E-state index is 5.62. The summed E-state index contributed by atoms with van der Waals surface area (Å²) in [7, 11) is 0. The summed E-state index contributed by atoms with van der Waals surface area (Å²) in [5.74, 6) is 0.737. The minimum Gasteiger partial charge on any atom is -0.381 e. The normalized spacial score (nSPS) is 27.9. The van der Waals surface area contributed by atoms with E-state index in [9.17, 15) is 0 Å². The molecule has 2 aliphatic heterocycles. The summed E-state index contributed by atoms with van der Waals surface area (Å²) in [5.41, 5.74) is 0.443. The lowest BCUT2D eigenvalue weighted by atomic mass is 9.78. The molecule has 118 valence electrons. The van der Waals surface area contributed by atoms with Crippen molar-refractivity contribution in [1.82, 2.24) is 10.2 Å². The molecule has 0 radical (unpaired) electrons. The molecule has 3 heteroatoms. The SMILES string of the molecule is CC(C)CNCC1(CN2CCCCC2C)CCOCC1. The zero-order valence-electron chi connectivity index (χ0n) is 13.8. The number of hydrogen-bond acceptors (Lipinski definition) is 3. The van der Waals surface area contributed by atoms with Gasteiger partial charge in [0.05, 0.1) is 0 Å². The Labute approximate surface area is 125 Å². The van der Waals surface area contributed by atoms with Crippen LogP contribution in [0.15, 0.2) is 0 Å². The summed E-state index contributed by atoms with van der Waals surface area (Å²) in [6.45, 7) is 13.8. The van der Waals surface area contributed by atoms with E-state index in [0.29, 0.717) is 5.41 Å². The number of ether oxygens (including phenoxy) is 1. The van der Waals surface area contributed by atoms with Crippen LogP contribution >= 0.6 is 0 Å². The molecule has 2 rings (SSSR count). The Kier molecular flexibility index (Phi) is 6.31. The van der Waals surface area contributed by atoms with Crippen molar-refractivity contribution in [1.29, 1.82) is 0 Å². The summed E-state index contributed by atoms with van der Waals surface area (Å²) < 4.78 is 5.62. The fraction of sp³-hybridized carbons (Fsp3) is 1.00. The van der Waals surface area contributed by atoms with Gasteiger partial charge in [-0.15, -0.1) is 0 Å². The van der Waals surface area contributed by atoms with Crippen molar-refractivity contribution < 1.29 is 4.74 Å². The lowest BCUT2D eigenvalue weighted by molar-refractivity contribution is -0.0157. The van der Waals surface area contributed by atoms with Gasteiger partial charge >= 0.3 is 0 Å². The topological polar surface area (TPSA) is 24.5 Å². The van der Waals surface area contributed by atoms with Gasteiger partial charge in [-0.2, -0.15) is 0 Å². The van der Waals surface area contributed by atoms with Crippen LogP contribution in [-0.2, 0) is 4.74 Å². The predicted octanol–water partition coefficient (Wildman–Crippen LogP) is 2.90.